The van der Waals surface area contributed by atoms with Crippen LogP contribution in [0.15, 0.2) is 23.0 Å². The number of hydrogen-bond acceptors (Lipinski definition) is 7. The van der Waals surface area contributed by atoms with Gasteiger partial charge in [0.1, 0.15) is 11.4 Å². The molecule has 3 aromatic rings. The Morgan fingerprint density at radius 3 is 2.65 bits per heavy atom. The van der Waals surface area contributed by atoms with Gasteiger partial charge in [-0.25, -0.2) is 14.2 Å². The monoisotopic (exact) mass is 549 g/mol. The van der Waals surface area contributed by atoms with Crippen molar-refractivity contribution in [1.82, 2.24) is 14.9 Å². The molecular weight excluding hydrogens is 517 g/mol. The maximum Gasteiger partial charge on any atom is 0.342 e. The number of pyridine rings is 2. The predicted octanol–water partition coefficient (Wildman–Crippen LogP) is 3.05. The first-order valence-corrected chi connectivity index (χ1v) is 13.8. The molecule has 6 rings (SSSR count). The lowest BCUT2D eigenvalue weighted by Gasteiger charge is -2.32. The zero-order chi connectivity index (χ0) is 28.6. The van der Waals surface area contributed by atoms with Crippen LogP contribution in [0.1, 0.15) is 79.3 Å². The number of nitrogens with one attached hydrogen (secondary N) is 1. The van der Waals surface area contributed by atoms with Crippen LogP contribution >= 0.6 is 0 Å². The highest BCUT2D eigenvalue weighted by molar-refractivity contribution is 5.94. The third-order valence-corrected chi connectivity index (χ3v) is 9.13. The molecule has 2 atom stereocenters. The lowest BCUT2D eigenvalue weighted by atomic mass is 9.81. The zero-order valence-electron chi connectivity index (χ0n) is 22.8. The molecule has 40 heavy (non-hydrogen) atoms. The van der Waals surface area contributed by atoms with E-state index in [0.29, 0.717) is 48.2 Å². The third kappa shape index (κ3) is 3.72. The van der Waals surface area contributed by atoms with Gasteiger partial charge in [0.05, 0.1) is 36.6 Å². The van der Waals surface area contributed by atoms with E-state index in [9.17, 15) is 24.6 Å². The smallest absolute Gasteiger partial charge is 0.342 e. The van der Waals surface area contributed by atoms with E-state index in [-0.39, 0.29) is 24.3 Å². The van der Waals surface area contributed by atoms with E-state index in [4.69, 9.17) is 9.72 Å². The fraction of sp³-hybridized carbons (Fsp3) is 0.467. The van der Waals surface area contributed by atoms with E-state index in [1.54, 1.807) is 19.9 Å². The standard InChI is InChI=1S/C30H32FN3O6/c1-4-30(39,28(37)40-3)16-11-22-26-18(14-34(22)23(35)12-16)25-20(33-27(36)29(38)9-5-6-10-29)8-7-17-15(2)19(31)13-21(32-26)24(17)25/h11-13,20,38-39H,4-10,14H2,1-3H3,(H,33,36)/t20-,30-/m0/s1. The Morgan fingerprint density at radius 1 is 1.25 bits per heavy atom. The van der Waals surface area contributed by atoms with E-state index < -0.39 is 34.7 Å². The summed E-state index contributed by atoms with van der Waals surface area (Å²) in [6, 6.07) is 3.68. The second-order valence-corrected chi connectivity index (χ2v) is 11.3. The Bertz CT molecular complexity index is 1660. The first-order chi connectivity index (χ1) is 19.0. The first kappa shape index (κ1) is 26.6. The number of esters is 1. The van der Waals surface area contributed by atoms with Crippen molar-refractivity contribution in [2.24, 2.45) is 0 Å². The normalized spacial score (nSPS) is 20.1. The number of fused-ring (bicyclic) bond motifs is 4. The van der Waals surface area contributed by atoms with Crippen LogP contribution in [0.4, 0.5) is 4.39 Å². The van der Waals surface area contributed by atoms with Crippen LogP contribution in [-0.2, 0) is 32.9 Å². The molecule has 1 aromatic carbocycles. The van der Waals surface area contributed by atoms with Gasteiger partial charge in [-0.1, -0.05) is 6.92 Å². The Balaban J connectivity index is 1.56. The lowest BCUT2D eigenvalue weighted by molar-refractivity contribution is -0.164. The van der Waals surface area contributed by atoms with Crippen LogP contribution < -0.4 is 10.9 Å². The maximum atomic E-state index is 15.0. The van der Waals surface area contributed by atoms with Gasteiger partial charge in [0.2, 0.25) is 0 Å². The molecule has 10 heteroatoms. The van der Waals surface area contributed by atoms with E-state index in [0.717, 1.165) is 34.9 Å². The summed E-state index contributed by atoms with van der Waals surface area (Å²) in [6.07, 6.45) is 3.37. The number of aliphatic hydroxyl groups is 2. The molecule has 9 nitrogen and oxygen atoms in total. The fourth-order valence-electron chi connectivity index (χ4n) is 6.76. The second kappa shape index (κ2) is 9.21. The predicted molar refractivity (Wildman–Crippen MR) is 144 cm³/mol. The van der Waals surface area contributed by atoms with Gasteiger partial charge in [0.25, 0.3) is 11.5 Å². The van der Waals surface area contributed by atoms with Gasteiger partial charge < -0.3 is 24.8 Å². The number of benzene rings is 1. The van der Waals surface area contributed by atoms with Gasteiger partial charge in [-0.2, -0.15) is 0 Å². The third-order valence-electron chi connectivity index (χ3n) is 9.13. The highest BCUT2D eigenvalue weighted by Crippen LogP contribution is 2.45. The molecule has 2 aliphatic carbocycles. The highest BCUT2D eigenvalue weighted by Gasteiger charge is 2.43. The molecule has 3 aliphatic rings. The summed E-state index contributed by atoms with van der Waals surface area (Å²) in [5, 5.41) is 25.9. The Morgan fingerprint density at radius 2 is 1.98 bits per heavy atom. The van der Waals surface area contributed by atoms with Crippen LogP contribution in [0.5, 0.6) is 0 Å². The van der Waals surface area contributed by atoms with E-state index in [1.807, 2.05) is 0 Å². The highest BCUT2D eigenvalue weighted by atomic mass is 19.1. The average Bonchev–Trinajstić information content (AvgIpc) is 3.56. The molecular formula is C30H32FN3O6. The number of nitrogens with zero attached hydrogens (tertiary/aromatic N) is 2. The zero-order valence-corrected chi connectivity index (χ0v) is 22.8. The van der Waals surface area contributed by atoms with Gasteiger partial charge in [-0.15, -0.1) is 0 Å². The molecule has 1 saturated carbocycles. The molecule has 210 valence electrons. The number of methoxy groups -OCH3 is 1. The quantitative estimate of drug-likeness (QED) is 0.326. The number of ether oxygens (including phenoxy) is 1. The molecule has 2 aromatic heterocycles. The van der Waals surface area contributed by atoms with Crippen molar-refractivity contribution in [3.05, 3.63) is 62.2 Å². The van der Waals surface area contributed by atoms with Crippen molar-refractivity contribution in [3.8, 4) is 11.4 Å². The van der Waals surface area contributed by atoms with Crippen LogP contribution in [0.2, 0.25) is 0 Å². The van der Waals surface area contributed by atoms with Crippen molar-refractivity contribution in [3.63, 3.8) is 0 Å². The Hall–Kier alpha value is -3.63. The SMILES string of the molecule is CC[C@@](O)(C(=O)OC)c1cc2n(c(=O)c1)Cc1c-2nc2cc(F)c(C)c3c2c1[C@@H](NC(=O)C1(O)CCCC1)CC3. The average molecular weight is 550 g/mol. The molecule has 1 amide bonds. The summed E-state index contributed by atoms with van der Waals surface area (Å²) in [4.78, 5) is 43.9. The minimum absolute atomic E-state index is 0.0172. The van der Waals surface area contributed by atoms with Gasteiger partial charge in [-0.05, 0) is 74.6 Å². The fourth-order valence-corrected chi connectivity index (χ4v) is 6.76. The molecule has 1 aliphatic heterocycles. The van der Waals surface area contributed by atoms with Crippen molar-refractivity contribution in [2.45, 2.75) is 82.6 Å². The van der Waals surface area contributed by atoms with Crippen LogP contribution in [0, 0.1) is 12.7 Å². The van der Waals surface area contributed by atoms with Crippen LogP contribution in [0.25, 0.3) is 22.3 Å². The molecule has 0 radical (unpaired) electrons. The molecule has 0 unspecified atom stereocenters. The number of hydrogen-bond donors (Lipinski definition) is 3. The molecule has 1 fully saturated rings. The van der Waals surface area contributed by atoms with Gasteiger partial charge in [-0.3, -0.25) is 9.59 Å². The minimum atomic E-state index is -2.03. The van der Waals surface area contributed by atoms with Gasteiger partial charge >= 0.3 is 5.97 Å². The number of rotatable bonds is 5. The lowest BCUT2D eigenvalue weighted by Crippen LogP contribution is -2.46. The van der Waals surface area contributed by atoms with E-state index >= 15 is 4.39 Å². The van der Waals surface area contributed by atoms with Crippen molar-refractivity contribution in [2.75, 3.05) is 7.11 Å². The van der Waals surface area contributed by atoms with Crippen molar-refractivity contribution >= 4 is 22.8 Å². The molecule has 3 heterocycles. The summed E-state index contributed by atoms with van der Waals surface area (Å²) in [7, 11) is 1.17. The summed E-state index contributed by atoms with van der Waals surface area (Å²) in [5.41, 5.74) is 0.258. The molecule has 3 N–H and O–H groups in total. The van der Waals surface area contributed by atoms with Gasteiger partial charge in [0, 0.05) is 28.6 Å². The number of carbonyl (C=O) groups is 2. The molecule has 0 saturated heterocycles. The van der Waals surface area contributed by atoms with Crippen LogP contribution in [-0.4, -0.2) is 44.4 Å². The summed E-state index contributed by atoms with van der Waals surface area (Å²) >= 11 is 0. The number of carbonyl (C=O) groups excluding carboxylic acids is 2. The minimum Gasteiger partial charge on any atom is -0.467 e. The number of halogens is 1. The topological polar surface area (TPSA) is 131 Å². The van der Waals surface area contributed by atoms with Gasteiger partial charge in [0.15, 0.2) is 5.60 Å². The van der Waals surface area contributed by atoms with Crippen molar-refractivity contribution in [1.29, 1.82) is 0 Å². The number of aryl methyl sites for hydroxylation is 1. The second-order valence-electron chi connectivity index (χ2n) is 11.3. The van der Waals surface area contributed by atoms with Crippen LogP contribution in [0.3, 0.4) is 0 Å². The molecule has 0 spiro atoms. The van der Waals surface area contributed by atoms with E-state index in [1.165, 1.54) is 23.8 Å². The number of aromatic nitrogens is 2. The maximum absolute atomic E-state index is 15.0. The Kier molecular flexibility index (Phi) is 6.12. The molecule has 0 bridgehead atoms. The summed E-state index contributed by atoms with van der Waals surface area (Å²) in [5.74, 6) is -1.69. The number of amides is 1. The largest absolute Gasteiger partial charge is 0.467 e. The summed E-state index contributed by atoms with van der Waals surface area (Å²) in [6.45, 7) is 3.51. The van der Waals surface area contributed by atoms with Crippen molar-refractivity contribution < 1.29 is 28.9 Å². The Labute approximate surface area is 230 Å². The first-order valence-electron chi connectivity index (χ1n) is 13.8. The summed E-state index contributed by atoms with van der Waals surface area (Å²) < 4.78 is 21.4. The van der Waals surface area contributed by atoms with E-state index in [2.05, 4.69) is 5.32 Å².